The fourth-order valence-corrected chi connectivity index (χ4v) is 3.02. The van der Waals surface area contributed by atoms with E-state index in [1.165, 1.54) is 0 Å². The van der Waals surface area contributed by atoms with E-state index in [0.717, 1.165) is 11.1 Å². The van der Waals surface area contributed by atoms with Gasteiger partial charge in [-0.2, -0.15) is 5.26 Å². The maximum absolute atomic E-state index is 12.4. The number of sulfonamides is 1. The van der Waals surface area contributed by atoms with E-state index in [-0.39, 0.29) is 4.90 Å². The molecule has 0 radical (unpaired) electrons. The molecule has 0 amide bonds. The number of nitriles is 1. The van der Waals surface area contributed by atoms with E-state index in [9.17, 15) is 13.7 Å². The van der Waals surface area contributed by atoms with E-state index in [1.807, 2.05) is 13.0 Å². The van der Waals surface area contributed by atoms with Crippen LogP contribution in [-0.2, 0) is 15.4 Å². The number of aryl methyl sites for hydroxylation is 1. The summed E-state index contributed by atoms with van der Waals surface area (Å²) in [5, 5.41) is 9.19. The molecule has 0 aliphatic carbocycles. The van der Waals surface area contributed by atoms with Crippen molar-refractivity contribution < 1.29 is 8.42 Å². The lowest BCUT2D eigenvalue weighted by Gasteiger charge is -2.17. The Labute approximate surface area is 131 Å². The zero-order valence-electron chi connectivity index (χ0n) is 12.8. The zero-order valence-corrected chi connectivity index (χ0v) is 13.6. The second kappa shape index (κ2) is 5.82. The molecule has 22 heavy (non-hydrogen) atoms. The predicted molar refractivity (Wildman–Crippen MR) is 87.1 cm³/mol. The maximum Gasteiger partial charge on any atom is 0.261 e. The summed E-state index contributed by atoms with van der Waals surface area (Å²) in [5.41, 5.74) is 1.53. The van der Waals surface area contributed by atoms with Gasteiger partial charge in [-0.05, 0) is 50.6 Å². The molecule has 5 heteroatoms. The molecular formula is C17H18N2O2S. The van der Waals surface area contributed by atoms with E-state index >= 15 is 0 Å². The van der Waals surface area contributed by atoms with Crippen molar-refractivity contribution in [3.8, 4) is 6.07 Å². The van der Waals surface area contributed by atoms with Crippen molar-refractivity contribution in [2.24, 2.45) is 0 Å². The minimum atomic E-state index is -3.63. The van der Waals surface area contributed by atoms with Crippen LogP contribution in [0.4, 0.5) is 5.69 Å². The molecule has 0 heterocycles. The molecule has 0 saturated carbocycles. The van der Waals surface area contributed by atoms with Gasteiger partial charge in [-0.1, -0.05) is 29.8 Å². The molecule has 0 spiro atoms. The Balaban J connectivity index is 2.33. The molecule has 0 aliphatic rings. The molecule has 0 aromatic heterocycles. The SMILES string of the molecule is Cc1ccc(S(=O)(=O)Nc2cccc(C(C)(C)C#N)c2)cc1. The molecule has 0 unspecified atom stereocenters. The largest absolute Gasteiger partial charge is 0.280 e. The average Bonchev–Trinajstić information content (AvgIpc) is 2.47. The van der Waals surface area contributed by atoms with Crippen LogP contribution in [0.3, 0.4) is 0 Å². The van der Waals surface area contributed by atoms with Crippen LogP contribution in [0.15, 0.2) is 53.4 Å². The van der Waals surface area contributed by atoms with Crippen molar-refractivity contribution in [1.29, 1.82) is 5.26 Å². The van der Waals surface area contributed by atoms with Gasteiger partial charge in [0.05, 0.1) is 16.4 Å². The van der Waals surface area contributed by atoms with Crippen LogP contribution in [0.5, 0.6) is 0 Å². The summed E-state index contributed by atoms with van der Waals surface area (Å²) in [7, 11) is -3.63. The molecule has 0 saturated heterocycles. The Morgan fingerprint density at radius 2 is 1.73 bits per heavy atom. The average molecular weight is 314 g/mol. The molecule has 4 nitrogen and oxygen atoms in total. The Morgan fingerprint density at radius 3 is 2.32 bits per heavy atom. The molecule has 0 bridgehead atoms. The maximum atomic E-state index is 12.4. The van der Waals surface area contributed by atoms with Gasteiger partial charge in [-0.3, -0.25) is 4.72 Å². The second-order valence-corrected chi connectivity index (χ2v) is 7.42. The van der Waals surface area contributed by atoms with Crippen LogP contribution < -0.4 is 4.72 Å². The minimum Gasteiger partial charge on any atom is -0.280 e. The first-order valence-corrected chi connectivity index (χ1v) is 8.34. The normalized spacial score (nSPS) is 11.7. The highest BCUT2D eigenvalue weighted by Gasteiger charge is 2.21. The van der Waals surface area contributed by atoms with Crippen molar-refractivity contribution >= 4 is 15.7 Å². The molecule has 1 N–H and O–H groups in total. The summed E-state index contributed by atoms with van der Waals surface area (Å²) >= 11 is 0. The number of nitrogens with zero attached hydrogens (tertiary/aromatic N) is 1. The summed E-state index contributed by atoms with van der Waals surface area (Å²) in [6.45, 7) is 5.48. The van der Waals surface area contributed by atoms with Gasteiger partial charge in [-0.15, -0.1) is 0 Å². The minimum absolute atomic E-state index is 0.211. The van der Waals surface area contributed by atoms with Gasteiger partial charge in [0.1, 0.15) is 0 Å². The van der Waals surface area contributed by atoms with Crippen molar-refractivity contribution in [3.05, 3.63) is 59.7 Å². The van der Waals surface area contributed by atoms with Crippen LogP contribution in [0.1, 0.15) is 25.0 Å². The molecule has 2 aromatic rings. The standard InChI is InChI=1S/C17H18N2O2S/c1-13-7-9-16(10-8-13)22(20,21)19-15-6-4-5-14(11-15)17(2,3)12-18/h4-11,19H,1-3H3. The summed E-state index contributed by atoms with van der Waals surface area (Å²) < 4.78 is 27.3. The fourth-order valence-electron chi connectivity index (χ4n) is 1.97. The molecule has 2 aromatic carbocycles. The number of hydrogen-bond donors (Lipinski definition) is 1. The molecule has 0 atom stereocenters. The first kappa shape index (κ1) is 16.1. The van der Waals surface area contributed by atoms with Crippen LogP contribution in [0.2, 0.25) is 0 Å². The van der Waals surface area contributed by atoms with Crippen molar-refractivity contribution in [2.45, 2.75) is 31.1 Å². The molecular weight excluding hydrogens is 296 g/mol. The highest BCUT2D eigenvalue weighted by atomic mass is 32.2. The van der Waals surface area contributed by atoms with E-state index in [4.69, 9.17) is 0 Å². The Hall–Kier alpha value is -2.32. The van der Waals surface area contributed by atoms with Gasteiger partial charge >= 0.3 is 0 Å². The predicted octanol–water partition coefficient (Wildman–Crippen LogP) is 3.60. The monoisotopic (exact) mass is 314 g/mol. The third kappa shape index (κ3) is 3.46. The number of nitrogens with one attached hydrogen (secondary N) is 1. The van der Waals surface area contributed by atoms with E-state index in [1.54, 1.807) is 56.3 Å². The van der Waals surface area contributed by atoms with Crippen LogP contribution >= 0.6 is 0 Å². The van der Waals surface area contributed by atoms with Gasteiger partial charge in [0.2, 0.25) is 0 Å². The van der Waals surface area contributed by atoms with Gasteiger partial charge in [0.15, 0.2) is 0 Å². The first-order chi connectivity index (χ1) is 10.2. The number of rotatable bonds is 4. The van der Waals surface area contributed by atoms with E-state index in [2.05, 4.69) is 10.8 Å². The number of anilines is 1. The molecule has 114 valence electrons. The Bertz CT molecular complexity index is 816. The Morgan fingerprint density at radius 1 is 1.09 bits per heavy atom. The summed E-state index contributed by atoms with van der Waals surface area (Å²) in [5.74, 6) is 0. The van der Waals surface area contributed by atoms with Gasteiger partial charge in [-0.25, -0.2) is 8.42 Å². The third-order valence-corrected chi connectivity index (χ3v) is 4.84. The van der Waals surface area contributed by atoms with Crippen LogP contribution in [0.25, 0.3) is 0 Å². The van der Waals surface area contributed by atoms with Crippen LogP contribution in [0, 0.1) is 18.3 Å². The number of hydrogen-bond acceptors (Lipinski definition) is 3. The van der Waals surface area contributed by atoms with E-state index < -0.39 is 15.4 Å². The first-order valence-electron chi connectivity index (χ1n) is 6.86. The highest BCUT2D eigenvalue weighted by molar-refractivity contribution is 7.92. The summed E-state index contributed by atoms with van der Waals surface area (Å²) in [6, 6.07) is 15.8. The number of benzene rings is 2. The lowest BCUT2D eigenvalue weighted by Crippen LogP contribution is -2.16. The Kier molecular flexibility index (Phi) is 4.25. The van der Waals surface area contributed by atoms with Crippen molar-refractivity contribution in [2.75, 3.05) is 4.72 Å². The van der Waals surface area contributed by atoms with Crippen molar-refractivity contribution in [1.82, 2.24) is 0 Å². The van der Waals surface area contributed by atoms with Gasteiger partial charge < -0.3 is 0 Å². The fraction of sp³-hybridized carbons (Fsp3) is 0.235. The molecule has 0 aliphatic heterocycles. The van der Waals surface area contributed by atoms with E-state index in [0.29, 0.717) is 5.69 Å². The third-order valence-electron chi connectivity index (χ3n) is 3.45. The van der Waals surface area contributed by atoms with Crippen molar-refractivity contribution in [3.63, 3.8) is 0 Å². The van der Waals surface area contributed by atoms with Crippen LogP contribution in [-0.4, -0.2) is 8.42 Å². The quantitative estimate of drug-likeness (QED) is 0.937. The summed E-state index contributed by atoms with van der Waals surface area (Å²) in [6.07, 6.45) is 0. The lowest BCUT2D eigenvalue weighted by atomic mass is 9.86. The molecule has 2 rings (SSSR count). The highest BCUT2D eigenvalue weighted by Crippen LogP contribution is 2.25. The second-order valence-electron chi connectivity index (χ2n) is 5.74. The smallest absolute Gasteiger partial charge is 0.261 e. The molecule has 0 fully saturated rings. The lowest BCUT2D eigenvalue weighted by molar-refractivity contribution is 0.601. The zero-order chi connectivity index (χ0) is 16.4. The topological polar surface area (TPSA) is 70.0 Å². The van der Waals surface area contributed by atoms with Gasteiger partial charge in [0.25, 0.3) is 10.0 Å². The summed E-state index contributed by atoms with van der Waals surface area (Å²) in [4.78, 5) is 0.211. The van der Waals surface area contributed by atoms with Gasteiger partial charge in [0, 0.05) is 5.69 Å².